The number of piperazine rings is 1. The molecule has 10 heteroatoms. The van der Waals surface area contributed by atoms with Gasteiger partial charge in [0.2, 0.25) is 5.91 Å². The number of nitrogens with zero attached hydrogens (tertiary/aromatic N) is 5. The third-order valence-corrected chi connectivity index (χ3v) is 7.15. The number of aliphatic imine (C=N–C) groups is 1. The van der Waals surface area contributed by atoms with Gasteiger partial charge in [0.15, 0.2) is 0 Å². The molecule has 2 aliphatic rings. The highest BCUT2D eigenvalue weighted by atomic mass is 35.5. The van der Waals surface area contributed by atoms with Gasteiger partial charge in [-0.1, -0.05) is 17.7 Å². The number of allylic oxidation sites excluding steroid dienone is 1. The molecule has 0 spiro atoms. The summed E-state index contributed by atoms with van der Waals surface area (Å²) in [6.07, 6.45) is 3.66. The molecule has 192 valence electrons. The fraction of sp³-hybridized carbons (Fsp3) is 0.333. The molecule has 3 aromatic rings. The van der Waals surface area contributed by atoms with E-state index in [2.05, 4.69) is 38.9 Å². The van der Waals surface area contributed by atoms with Crippen LogP contribution in [0, 0.1) is 11.6 Å². The third kappa shape index (κ3) is 4.81. The number of hydrogen-bond acceptors (Lipinski definition) is 6. The number of nitrogens with one attached hydrogen (secondary N) is 1. The van der Waals surface area contributed by atoms with Crippen LogP contribution in [0.3, 0.4) is 0 Å². The molecule has 0 unspecified atom stereocenters. The highest BCUT2D eigenvalue weighted by Gasteiger charge is 2.33. The number of rotatable bonds is 5. The van der Waals surface area contributed by atoms with Gasteiger partial charge < -0.3 is 10.2 Å². The smallest absolute Gasteiger partial charge is 0.238 e. The molecule has 2 aliphatic heterocycles. The lowest BCUT2D eigenvalue weighted by molar-refractivity contribution is -0.126. The Labute approximate surface area is 218 Å². The average molecular weight is 525 g/mol. The summed E-state index contributed by atoms with van der Waals surface area (Å²) in [4.78, 5) is 30.8. The Kier molecular flexibility index (Phi) is 6.92. The summed E-state index contributed by atoms with van der Waals surface area (Å²) in [5, 5.41) is 2.61. The van der Waals surface area contributed by atoms with Crippen LogP contribution in [0.2, 0.25) is 5.02 Å². The summed E-state index contributed by atoms with van der Waals surface area (Å²) < 4.78 is 28.3. The van der Waals surface area contributed by atoms with Gasteiger partial charge >= 0.3 is 0 Å². The molecule has 37 heavy (non-hydrogen) atoms. The Morgan fingerprint density at radius 1 is 1.14 bits per heavy atom. The van der Waals surface area contributed by atoms with Gasteiger partial charge in [0.25, 0.3) is 0 Å². The first kappa shape index (κ1) is 25.2. The van der Waals surface area contributed by atoms with E-state index in [0.29, 0.717) is 41.1 Å². The zero-order valence-corrected chi connectivity index (χ0v) is 21.6. The van der Waals surface area contributed by atoms with Gasteiger partial charge in [0, 0.05) is 49.9 Å². The van der Waals surface area contributed by atoms with Gasteiger partial charge in [-0.05, 0) is 38.1 Å². The Balaban J connectivity index is 1.46. The van der Waals surface area contributed by atoms with Crippen LogP contribution in [0.4, 0.5) is 14.5 Å². The normalized spacial score (nSPS) is 18.4. The topological polar surface area (TPSA) is 73.7 Å². The summed E-state index contributed by atoms with van der Waals surface area (Å²) in [5.41, 5.74) is 4.03. The molecular weight excluding hydrogens is 498 g/mol. The molecule has 0 aliphatic carbocycles. The van der Waals surface area contributed by atoms with Crippen molar-refractivity contribution in [1.29, 1.82) is 0 Å². The molecule has 0 radical (unpaired) electrons. The van der Waals surface area contributed by atoms with Gasteiger partial charge in [-0.25, -0.2) is 13.8 Å². The lowest BCUT2D eigenvalue weighted by atomic mass is 9.99. The predicted molar refractivity (Wildman–Crippen MR) is 142 cm³/mol. The van der Waals surface area contributed by atoms with Crippen molar-refractivity contribution in [2.45, 2.75) is 25.9 Å². The summed E-state index contributed by atoms with van der Waals surface area (Å²) in [6, 6.07) is 7.63. The van der Waals surface area contributed by atoms with E-state index in [0.717, 1.165) is 24.8 Å². The van der Waals surface area contributed by atoms with Crippen LogP contribution in [-0.4, -0.2) is 71.8 Å². The highest BCUT2D eigenvalue weighted by Crippen LogP contribution is 2.30. The molecule has 1 fully saturated rings. The van der Waals surface area contributed by atoms with Crippen molar-refractivity contribution in [2.24, 2.45) is 4.99 Å². The fourth-order valence-electron chi connectivity index (χ4n) is 4.94. The SMILES string of the molecule is CNC(=O)[C@H]1CN(c2cnc3ccc(C4=CCN=C4c4cc(Cl)c(F)cc4F)nc3c2)CCN1C(C)C. The number of benzene rings is 1. The number of halogens is 3. The van der Waals surface area contributed by atoms with Crippen LogP contribution in [0.5, 0.6) is 0 Å². The first-order valence-corrected chi connectivity index (χ1v) is 12.5. The Morgan fingerprint density at radius 2 is 1.95 bits per heavy atom. The minimum atomic E-state index is -0.817. The van der Waals surface area contributed by atoms with Crippen molar-refractivity contribution in [3.63, 3.8) is 0 Å². The van der Waals surface area contributed by atoms with Crippen molar-refractivity contribution in [1.82, 2.24) is 20.2 Å². The summed E-state index contributed by atoms with van der Waals surface area (Å²) in [5.74, 6) is -1.56. The van der Waals surface area contributed by atoms with Crippen LogP contribution in [0.25, 0.3) is 16.6 Å². The first-order valence-electron chi connectivity index (χ1n) is 12.2. The van der Waals surface area contributed by atoms with E-state index in [-0.39, 0.29) is 28.6 Å². The lowest BCUT2D eigenvalue weighted by Gasteiger charge is -2.43. The molecule has 4 heterocycles. The number of hydrogen-bond donors (Lipinski definition) is 1. The number of likely N-dealkylation sites (N-methyl/N-ethyl adjacent to an activating group) is 1. The zero-order chi connectivity index (χ0) is 26.3. The maximum Gasteiger partial charge on any atom is 0.238 e. The Bertz CT molecular complexity index is 1440. The van der Waals surface area contributed by atoms with Crippen LogP contribution in [-0.2, 0) is 4.79 Å². The molecule has 5 rings (SSSR count). The quantitative estimate of drug-likeness (QED) is 0.509. The standard InChI is InChI=1S/C27H27ClF2N6O/c1-15(2)36-9-8-35(14-25(36)27(37)31-3)16-10-24-23(33-13-16)5-4-22(34-24)17-6-7-32-26(17)18-11-19(28)21(30)12-20(18)29/h4-6,10-13,15,25H,7-9,14H2,1-3H3,(H,31,37)/t25-/m1/s1. The predicted octanol–water partition coefficient (Wildman–Crippen LogP) is 4.09. The van der Waals surface area contributed by atoms with E-state index in [9.17, 15) is 13.6 Å². The molecule has 0 saturated carbocycles. The second kappa shape index (κ2) is 10.1. The van der Waals surface area contributed by atoms with Crippen molar-refractivity contribution in [3.8, 4) is 0 Å². The average Bonchev–Trinajstić information content (AvgIpc) is 3.39. The minimum Gasteiger partial charge on any atom is -0.367 e. The van der Waals surface area contributed by atoms with Crippen LogP contribution in [0.1, 0.15) is 25.1 Å². The Hall–Kier alpha value is -3.43. The summed E-state index contributed by atoms with van der Waals surface area (Å²) >= 11 is 5.92. The second-order valence-electron chi connectivity index (χ2n) is 9.39. The number of aromatic nitrogens is 2. The van der Waals surface area contributed by atoms with Crippen LogP contribution < -0.4 is 10.2 Å². The van der Waals surface area contributed by atoms with Crippen molar-refractivity contribution >= 4 is 45.5 Å². The largest absolute Gasteiger partial charge is 0.367 e. The number of fused-ring (bicyclic) bond motifs is 1. The molecule has 7 nitrogen and oxygen atoms in total. The van der Waals surface area contributed by atoms with Crippen molar-refractivity contribution < 1.29 is 13.6 Å². The lowest BCUT2D eigenvalue weighted by Crippen LogP contribution is -2.60. The molecule has 1 N–H and O–H groups in total. The van der Waals surface area contributed by atoms with E-state index in [1.54, 1.807) is 13.2 Å². The number of carbonyl (C=O) groups excluding carboxylic acids is 1. The number of pyridine rings is 2. The minimum absolute atomic E-state index is 0.0133. The third-order valence-electron chi connectivity index (χ3n) is 6.86. The van der Waals surface area contributed by atoms with E-state index in [1.807, 2.05) is 24.3 Å². The van der Waals surface area contributed by atoms with E-state index < -0.39 is 11.6 Å². The molecule has 1 aromatic carbocycles. The number of carbonyl (C=O) groups is 1. The van der Waals surface area contributed by atoms with Gasteiger partial charge in [0.1, 0.15) is 17.7 Å². The van der Waals surface area contributed by atoms with E-state index >= 15 is 0 Å². The van der Waals surface area contributed by atoms with Crippen LogP contribution in [0.15, 0.2) is 47.6 Å². The van der Waals surface area contributed by atoms with Crippen molar-refractivity contribution in [2.75, 3.05) is 38.1 Å². The van der Waals surface area contributed by atoms with Crippen LogP contribution >= 0.6 is 11.6 Å². The molecular formula is C27H27ClF2N6O. The van der Waals surface area contributed by atoms with Gasteiger partial charge in [-0.15, -0.1) is 0 Å². The number of anilines is 1. The molecule has 2 aromatic heterocycles. The molecule has 1 amide bonds. The maximum absolute atomic E-state index is 14.6. The Morgan fingerprint density at radius 3 is 2.70 bits per heavy atom. The maximum atomic E-state index is 14.6. The second-order valence-corrected chi connectivity index (χ2v) is 9.80. The van der Waals surface area contributed by atoms with Gasteiger partial charge in [-0.3, -0.25) is 19.7 Å². The monoisotopic (exact) mass is 524 g/mol. The summed E-state index contributed by atoms with van der Waals surface area (Å²) in [6.45, 7) is 6.59. The highest BCUT2D eigenvalue weighted by molar-refractivity contribution is 6.35. The van der Waals surface area contributed by atoms with Crippen molar-refractivity contribution in [3.05, 3.63) is 70.5 Å². The van der Waals surface area contributed by atoms with E-state index in [4.69, 9.17) is 16.6 Å². The van der Waals surface area contributed by atoms with E-state index in [1.165, 1.54) is 6.07 Å². The molecule has 1 atom stereocenters. The molecule has 0 bridgehead atoms. The van der Waals surface area contributed by atoms with Gasteiger partial charge in [0.05, 0.1) is 45.9 Å². The summed E-state index contributed by atoms with van der Waals surface area (Å²) in [7, 11) is 1.66. The first-order chi connectivity index (χ1) is 17.8. The fourth-order valence-corrected chi connectivity index (χ4v) is 5.10. The zero-order valence-electron chi connectivity index (χ0n) is 20.8. The van der Waals surface area contributed by atoms with Gasteiger partial charge in [-0.2, -0.15) is 0 Å². The molecule has 1 saturated heterocycles. The number of amides is 1.